The van der Waals surface area contributed by atoms with Crippen LogP contribution in [0.3, 0.4) is 0 Å². The molecule has 0 amide bonds. The fourth-order valence-corrected chi connectivity index (χ4v) is 1.80. The summed E-state index contributed by atoms with van der Waals surface area (Å²) in [6, 6.07) is 7.85. The predicted octanol–water partition coefficient (Wildman–Crippen LogP) is 0.945. The highest BCUT2D eigenvalue weighted by molar-refractivity contribution is 6.61. The van der Waals surface area contributed by atoms with Crippen molar-refractivity contribution in [3.8, 4) is 0 Å². The van der Waals surface area contributed by atoms with Crippen LogP contribution in [0.15, 0.2) is 36.8 Å². The highest BCUT2D eigenvalue weighted by atomic mass is 16.7. The minimum atomic E-state index is -0.346. The largest absolute Gasteiger partial charge is 0.494 e. The lowest BCUT2D eigenvalue weighted by molar-refractivity contribution is -0.0245. The molecule has 0 saturated carbocycles. The Morgan fingerprint density at radius 3 is 2.56 bits per heavy atom. The van der Waals surface area contributed by atoms with Crippen molar-refractivity contribution in [3.05, 3.63) is 42.4 Å². The van der Waals surface area contributed by atoms with E-state index in [9.17, 15) is 0 Å². The van der Waals surface area contributed by atoms with E-state index in [4.69, 9.17) is 18.8 Å². The maximum absolute atomic E-state index is 5.44. The number of benzene rings is 1. The van der Waals surface area contributed by atoms with Crippen LogP contribution in [0.1, 0.15) is 11.9 Å². The number of hydrogen-bond acceptors (Lipinski definition) is 4. The summed E-state index contributed by atoms with van der Waals surface area (Å²) < 4.78 is 21.4. The minimum Gasteiger partial charge on any atom is -0.455 e. The predicted molar refractivity (Wildman–Crippen MR) is 57.8 cm³/mol. The Morgan fingerprint density at radius 2 is 1.81 bits per heavy atom. The standard InChI is InChI=1S/C11H11BO4/c1-2-9(11-13-4-5-14-11)8-10(3-1)12-15-6-7-16-12/h1-5,8,11H,6-7H2. The molecule has 0 atom stereocenters. The molecule has 0 N–H and O–H groups in total. The summed E-state index contributed by atoms with van der Waals surface area (Å²) in [6.07, 6.45) is 2.74. The Hall–Kier alpha value is -1.46. The fraction of sp³-hybridized carbons (Fsp3) is 0.273. The summed E-state index contributed by atoms with van der Waals surface area (Å²) in [7, 11) is -0.255. The second kappa shape index (κ2) is 4.19. The molecule has 1 aromatic carbocycles. The van der Waals surface area contributed by atoms with Gasteiger partial charge in [-0.1, -0.05) is 24.3 Å². The molecule has 2 aliphatic rings. The molecule has 4 nitrogen and oxygen atoms in total. The van der Waals surface area contributed by atoms with Crippen LogP contribution in [0.25, 0.3) is 0 Å². The Kier molecular flexibility index (Phi) is 2.56. The molecule has 5 heteroatoms. The molecule has 0 radical (unpaired) electrons. The van der Waals surface area contributed by atoms with Crippen LogP contribution in [0.5, 0.6) is 0 Å². The zero-order valence-corrected chi connectivity index (χ0v) is 8.67. The number of rotatable bonds is 2. The van der Waals surface area contributed by atoms with Crippen LogP contribution in [-0.2, 0) is 18.8 Å². The lowest BCUT2D eigenvalue weighted by Crippen LogP contribution is -2.32. The summed E-state index contributed by atoms with van der Waals surface area (Å²) in [6.45, 7) is 1.29. The van der Waals surface area contributed by atoms with Crippen molar-refractivity contribution in [2.24, 2.45) is 0 Å². The molecule has 0 aliphatic carbocycles. The Morgan fingerprint density at radius 1 is 1.06 bits per heavy atom. The number of ether oxygens (including phenoxy) is 2. The van der Waals surface area contributed by atoms with E-state index in [1.807, 2.05) is 24.3 Å². The zero-order chi connectivity index (χ0) is 10.8. The van der Waals surface area contributed by atoms with E-state index >= 15 is 0 Å². The Labute approximate surface area is 93.9 Å². The molecule has 82 valence electrons. The second-order valence-corrected chi connectivity index (χ2v) is 3.62. The third kappa shape index (κ3) is 1.79. The van der Waals surface area contributed by atoms with E-state index in [-0.39, 0.29) is 13.4 Å². The molecule has 0 aromatic heterocycles. The van der Waals surface area contributed by atoms with Gasteiger partial charge in [-0.2, -0.15) is 0 Å². The first-order chi connectivity index (χ1) is 7.93. The molecule has 16 heavy (non-hydrogen) atoms. The average Bonchev–Trinajstić information content (AvgIpc) is 3.03. The van der Waals surface area contributed by atoms with Crippen LogP contribution in [0, 0.1) is 0 Å². The van der Waals surface area contributed by atoms with Gasteiger partial charge in [-0.3, -0.25) is 0 Å². The first-order valence-electron chi connectivity index (χ1n) is 5.22. The molecular formula is C11H11BO4. The minimum absolute atomic E-state index is 0.255. The normalized spacial score (nSPS) is 19.9. The van der Waals surface area contributed by atoms with E-state index in [1.54, 1.807) is 12.5 Å². The van der Waals surface area contributed by atoms with Crippen LogP contribution >= 0.6 is 0 Å². The first-order valence-corrected chi connectivity index (χ1v) is 5.22. The van der Waals surface area contributed by atoms with E-state index in [1.165, 1.54) is 0 Å². The van der Waals surface area contributed by atoms with Crippen molar-refractivity contribution in [3.63, 3.8) is 0 Å². The van der Waals surface area contributed by atoms with Gasteiger partial charge in [0, 0.05) is 5.56 Å². The zero-order valence-electron chi connectivity index (χ0n) is 8.67. The molecule has 0 bridgehead atoms. The molecule has 0 unspecified atom stereocenters. The first kappa shape index (κ1) is 9.75. The van der Waals surface area contributed by atoms with E-state index < -0.39 is 0 Å². The van der Waals surface area contributed by atoms with Crippen molar-refractivity contribution in [1.29, 1.82) is 0 Å². The van der Waals surface area contributed by atoms with Gasteiger partial charge in [0.15, 0.2) is 0 Å². The topological polar surface area (TPSA) is 36.9 Å². The van der Waals surface area contributed by atoms with E-state index in [2.05, 4.69) is 0 Å². The number of hydrogen-bond donors (Lipinski definition) is 0. The molecule has 1 fully saturated rings. The lowest BCUT2D eigenvalue weighted by Gasteiger charge is -2.12. The van der Waals surface area contributed by atoms with Crippen molar-refractivity contribution in [2.75, 3.05) is 13.2 Å². The monoisotopic (exact) mass is 218 g/mol. The van der Waals surface area contributed by atoms with Gasteiger partial charge in [0.2, 0.25) is 0 Å². The maximum Gasteiger partial charge on any atom is 0.494 e. The quantitative estimate of drug-likeness (QED) is 0.692. The molecule has 2 aliphatic heterocycles. The van der Waals surface area contributed by atoms with E-state index in [0.717, 1.165) is 11.0 Å². The molecule has 3 rings (SSSR count). The van der Waals surface area contributed by atoms with E-state index in [0.29, 0.717) is 13.2 Å². The average molecular weight is 218 g/mol. The van der Waals surface area contributed by atoms with Gasteiger partial charge in [0.25, 0.3) is 6.29 Å². The fourth-order valence-electron chi connectivity index (χ4n) is 1.80. The summed E-state index contributed by atoms with van der Waals surface area (Å²) in [5.41, 5.74) is 1.95. The SMILES string of the molecule is C1=COC(c2cccc(B3OCCO3)c2)O1. The summed E-state index contributed by atoms with van der Waals surface area (Å²) in [5.74, 6) is 0. The molecular weight excluding hydrogens is 207 g/mol. The summed E-state index contributed by atoms with van der Waals surface area (Å²) in [4.78, 5) is 0. The van der Waals surface area contributed by atoms with Gasteiger partial charge in [-0.15, -0.1) is 0 Å². The van der Waals surface area contributed by atoms with Crippen molar-refractivity contribution >= 4 is 12.6 Å². The van der Waals surface area contributed by atoms with Gasteiger partial charge >= 0.3 is 7.12 Å². The molecule has 1 aromatic rings. The van der Waals surface area contributed by atoms with Crippen molar-refractivity contribution in [2.45, 2.75) is 6.29 Å². The van der Waals surface area contributed by atoms with Gasteiger partial charge < -0.3 is 18.8 Å². The Balaban J connectivity index is 1.81. The van der Waals surface area contributed by atoms with Gasteiger partial charge in [-0.05, 0) is 5.46 Å². The smallest absolute Gasteiger partial charge is 0.455 e. The van der Waals surface area contributed by atoms with Crippen molar-refractivity contribution < 1.29 is 18.8 Å². The van der Waals surface area contributed by atoms with Crippen LogP contribution in [0.2, 0.25) is 0 Å². The second-order valence-electron chi connectivity index (χ2n) is 3.62. The van der Waals surface area contributed by atoms with Crippen LogP contribution in [0.4, 0.5) is 0 Å². The molecule has 0 spiro atoms. The highest BCUT2D eigenvalue weighted by Gasteiger charge is 2.27. The van der Waals surface area contributed by atoms with Gasteiger partial charge in [0.05, 0.1) is 13.2 Å². The molecule has 1 saturated heterocycles. The third-order valence-electron chi connectivity index (χ3n) is 2.54. The van der Waals surface area contributed by atoms with Crippen LogP contribution in [-0.4, -0.2) is 20.3 Å². The summed E-state index contributed by atoms with van der Waals surface area (Å²) in [5, 5.41) is 0. The summed E-state index contributed by atoms with van der Waals surface area (Å²) >= 11 is 0. The third-order valence-corrected chi connectivity index (χ3v) is 2.54. The Bertz CT molecular complexity index is 375. The maximum atomic E-state index is 5.44. The lowest BCUT2D eigenvalue weighted by atomic mass is 9.79. The van der Waals surface area contributed by atoms with Crippen LogP contribution < -0.4 is 5.46 Å². The molecule has 2 heterocycles. The van der Waals surface area contributed by atoms with Crippen molar-refractivity contribution in [1.82, 2.24) is 0 Å². The highest BCUT2D eigenvalue weighted by Crippen LogP contribution is 2.23. The van der Waals surface area contributed by atoms with Gasteiger partial charge in [0.1, 0.15) is 12.5 Å². The van der Waals surface area contributed by atoms with Gasteiger partial charge in [-0.25, -0.2) is 0 Å².